The lowest BCUT2D eigenvalue weighted by molar-refractivity contribution is 0.186. The lowest BCUT2D eigenvalue weighted by Gasteiger charge is -2.25. The fraction of sp³-hybridized carbons (Fsp3) is 0.952. The van der Waals surface area contributed by atoms with E-state index in [-0.39, 0.29) is 5.38 Å². The summed E-state index contributed by atoms with van der Waals surface area (Å²) in [5, 5.41) is 9.37. The van der Waals surface area contributed by atoms with Gasteiger partial charge in [-0.2, -0.15) is 0 Å². The molecule has 0 spiro atoms. The van der Waals surface area contributed by atoms with Crippen molar-refractivity contribution < 1.29 is 5.11 Å². The molecule has 1 N–H and O–H groups in total. The van der Waals surface area contributed by atoms with Crippen LogP contribution in [0.1, 0.15) is 111 Å². The van der Waals surface area contributed by atoms with Gasteiger partial charge < -0.3 is 5.11 Å². The van der Waals surface area contributed by atoms with E-state index in [4.69, 9.17) is 11.6 Å². The summed E-state index contributed by atoms with van der Waals surface area (Å²) in [7, 11) is 0. The molecular weight excluding hydrogens is 304 g/mol. The molecule has 0 aromatic heterocycles. The molecule has 3 unspecified atom stereocenters. The van der Waals surface area contributed by atoms with Gasteiger partial charge >= 0.3 is 0 Å². The van der Waals surface area contributed by atoms with E-state index in [1.165, 1.54) is 89.4 Å². The van der Waals surface area contributed by atoms with Crippen molar-refractivity contribution in [3.8, 4) is 0 Å². The van der Waals surface area contributed by atoms with Crippen LogP contribution in [0.25, 0.3) is 0 Å². The number of unbranched alkanes of at least 4 members (excludes halogenated alkanes) is 11. The van der Waals surface area contributed by atoms with Gasteiger partial charge in [0, 0.05) is 0 Å². The Labute approximate surface area is 151 Å². The molecule has 0 aliphatic heterocycles. The Bertz CT molecular complexity index is 242. The zero-order valence-corrected chi connectivity index (χ0v) is 17.0. The summed E-state index contributed by atoms with van der Waals surface area (Å²) in [5.41, 5.74) is 0. The van der Waals surface area contributed by atoms with E-state index in [2.05, 4.69) is 20.8 Å². The smallest absolute Gasteiger partial charge is 0.0681 e. The Morgan fingerprint density at radius 1 is 0.783 bits per heavy atom. The third kappa shape index (κ3) is 13.2. The van der Waals surface area contributed by atoms with Crippen molar-refractivity contribution in [3.63, 3.8) is 0 Å². The molecule has 0 amide bonds. The SMILES string of the molecule is CCCCCCCCCCCCCCC(C)[C](C)C(Cl)C(C)O. The molecule has 0 aliphatic rings. The first kappa shape index (κ1) is 23.2. The fourth-order valence-electron chi connectivity index (χ4n) is 3.17. The van der Waals surface area contributed by atoms with Gasteiger partial charge in [0.2, 0.25) is 0 Å². The Morgan fingerprint density at radius 2 is 1.17 bits per heavy atom. The third-order valence-electron chi connectivity index (χ3n) is 5.13. The zero-order valence-electron chi connectivity index (χ0n) is 16.2. The number of rotatable bonds is 16. The Morgan fingerprint density at radius 3 is 1.57 bits per heavy atom. The highest BCUT2D eigenvalue weighted by Crippen LogP contribution is 2.28. The van der Waals surface area contributed by atoms with Gasteiger partial charge in [-0.05, 0) is 18.8 Å². The summed E-state index contributed by atoms with van der Waals surface area (Å²) in [6, 6.07) is 0. The molecule has 0 aliphatic carbocycles. The van der Waals surface area contributed by atoms with E-state index < -0.39 is 6.10 Å². The molecule has 0 fully saturated rings. The van der Waals surface area contributed by atoms with Crippen LogP contribution in [0.4, 0.5) is 0 Å². The number of halogens is 1. The predicted molar refractivity (Wildman–Crippen MR) is 105 cm³/mol. The van der Waals surface area contributed by atoms with E-state index >= 15 is 0 Å². The summed E-state index contributed by atoms with van der Waals surface area (Å²) < 4.78 is 0. The minimum Gasteiger partial charge on any atom is -0.392 e. The standard InChI is InChI=1S/C21H42ClO/c1-5-6-7-8-9-10-11-12-13-14-15-16-17-18(2)19(3)21(22)20(4)23/h18,20-21,23H,5-17H2,1-4H3. The van der Waals surface area contributed by atoms with Crippen molar-refractivity contribution in [1.29, 1.82) is 0 Å². The van der Waals surface area contributed by atoms with E-state index in [1.54, 1.807) is 6.92 Å². The Hall–Kier alpha value is 0.250. The maximum atomic E-state index is 9.56. The molecule has 0 bridgehead atoms. The molecule has 2 heteroatoms. The zero-order chi connectivity index (χ0) is 17.5. The molecular formula is C21H42ClO. The van der Waals surface area contributed by atoms with Crippen LogP contribution in [0.5, 0.6) is 0 Å². The van der Waals surface area contributed by atoms with Crippen LogP contribution in [-0.4, -0.2) is 16.6 Å². The summed E-state index contributed by atoms with van der Waals surface area (Å²) >= 11 is 6.22. The number of aliphatic hydroxyl groups excluding tert-OH is 1. The normalized spacial score (nSPS) is 15.8. The average Bonchev–Trinajstić information content (AvgIpc) is 2.54. The maximum Gasteiger partial charge on any atom is 0.0681 e. The molecule has 1 radical (unpaired) electrons. The highest BCUT2D eigenvalue weighted by Gasteiger charge is 2.24. The summed E-state index contributed by atoms with van der Waals surface area (Å²) in [6.45, 7) is 8.39. The van der Waals surface area contributed by atoms with Crippen molar-refractivity contribution in [2.45, 2.75) is 123 Å². The third-order valence-corrected chi connectivity index (χ3v) is 5.84. The predicted octanol–water partition coefficient (Wildman–Crippen LogP) is 7.30. The molecule has 0 heterocycles. The fourth-order valence-corrected chi connectivity index (χ4v) is 3.39. The molecule has 0 saturated heterocycles. The van der Waals surface area contributed by atoms with Gasteiger partial charge in [-0.25, -0.2) is 0 Å². The highest BCUT2D eigenvalue weighted by molar-refractivity contribution is 6.22. The first-order valence-electron chi connectivity index (χ1n) is 10.2. The monoisotopic (exact) mass is 345 g/mol. The van der Waals surface area contributed by atoms with Gasteiger partial charge in [0.25, 0.3) is 0 Å². The lowest BCUT2D eigenvalue weighted by Crippen LogP contribution is -2.27. The number of hydrogen-bond acceptors (Lipinski definition) is 1. The molecule has 0 saturated carbocycles. The van der Waals surface area contributed by atoms with Crippen LogP contribution in [-0.2, 0) is 0 Å². The van der Waals surface area contributed by atoms with Gasteiger partial charge in [0.15, 0.2) is 0 Å². The quantitative estimate of drug-likeness (QED) is 0.230. The van der Waals surface area contributed by atoms with Crippen LogP contribution in [0.3, 0.4) is 0 Å². The van der Waals surface area contributed by atoms with Crippen molar-refractivity contribution in [2.75, 3.05) is 0 Å². The molecule has 0 rings (SSSR count). The number of alkyl halides is 1. The van der Waals surface area contributed by atoms with E-state index in [0.717, 1.165) is 0 Å². The molecule has 0 aromatic rings. The van der Waals surface area contributed by atoms with Gasteiger partial charge in [-0.1, -0.05) is 104 Å². The second-order valence-electron chi connectivity index (χ2n) is 7.47. The highest BCUT2D eigenvalue weighted by atomic mass is 35.5. The minimum atomic E-state index is -0.443. The molecule has 0 aromatic carbocycles. The van der Waals surface area contributed by atoms with Crippen LogP contribution >= 0.6 is 11.6 Å². The molecule has 139 valence electrons. The number of hydrogen-bond donors (Lipinski definition) is 1. The van der Waals surface area contributed by atoms with Crippen molar-refractivity contribution >= 4 is 11.6 Å². The second-order valence-corrected chi connectivity index (χ2v) is 7.94. The van der Waals surface area contributed by atoms with Crippen LogP contribution in [0, 0.1) is 11.8 Å². The first-order valence-corrected chi connectivity index (χ1v) is 10.6. The summed E-state index contributed by atoms with van der Waals surface area (Å²) in [6.07, 6.45) is 17.5. The number of aliphatic hydroxyl groups is 1. The topological polar surface area (TPSA) is 20.2 Å². The molecule has 1 nitrogen and oxygen atoms in total. The largest absolute Gasteiger partial charge is 0.392 e. The van der Waals surface area contributed by atoms with Crippen LogP contribution < -0.4 is 0 Å². The van der Waals surface area contributed by atoms with Crippen LogP contribution in [0.15, 0.2) is 0 Å². The first-order chi connectivity index (χ1) is 11.0. The van der Waals surface area contributed by atoms with Crippen LogP contribution in [0.2, 0.25) is 0 Å². The van der Waals surface area contributed by atoms with Crippen molar-refractivity contribution in [3.05, 3.63) is 5.92 Å². The van der Waals surface area contributed by atoms with Crippen molar-refractivity contribution in [1.82, 2.24) is 0 Å². The van der Waals surface area contributed by atoms with Gasteiger partial charge in [0.1, 0.15) is 0 Å². The van der Waals surface area contributed by atoms with Gasteiger partial charge in [-0.15, -0.1) is 11.6 Å². The van der Waals surface area contributed by atoms with E-state index in [9.17, 15) is 5.11 Å². The lowest BCUT2D eigenvalue weighted by atomic mass is 9.86. The van der Waals surface area contributed by atoms with E-state index in [1.807, 2.05) is 0 Å². The average molecular weight is 346 g/mol. The molecule has 23 heavy (non-hydrogen) atoms. The Balaban J connectivity index is 3.35. The second kappa shape index (κ2) is 15.8. The maximum absolute atomic E-state index is 9.56. The summed E-state index contributed by atoms with van der Waals surface area (Å²) in [5.74, 6) is 1.76. The molecule has 3 atom stereocenters. The van der Waals surface area contributed by atoms with Gasteiger partial charge in [-0.3, -0.25) is 0 Å². The van der Waals surface area contributed by atoms with Gasteiger partial charge in [0.05, 0.1) is 11.5 Å². The van der Waals surface area contributed by atoms with Crippen molar-refractivity contribution in [2.24, 2.45) is 5.92 Å². The van der Waals surface area contributed by atoms with E-state index in [0.29, 0.717) is 5.92 Å². The Kier molecular flexibility index (Phi) is 15.9. The summed E-state index contributed by atoms with van der Waals surface area (Å²) in [4.78, 5) is 0. The minimum absolute atomic E-state index is 0.192.